The van der Waals surface area contributed by atoms with Gasteiger partial charge in [0.1, 0.15) is 0 Å². The third-order valence-corrected chi connectivity index (χ3v) is 2.21. The summed E-state index contributed by atoms with van der Waals surface area (Å²) in [7, 11) is 0. The summed E-state index contributed by atoms with van der Waals surface area (Å²) in [6, 6.07) is 4.30. The number of aromatic carboxylic acids is 1. The summed E-state index contributed by atoms with van der Waals surface area (Å²) in [6.07, 6.45) is 1.43. The summed E-state index contributed by atoms with van der Waals surface area (Å²) in [6.45, 7) is 3.59. The second kappa shape index (κ2) is 5.50. The maximum Gasteiger partial charge on any atom is 0.337 e. The summed E-state index contributed by atoms with van der Waals surface area (Å²) in [4.78, 5) is 22.2. The summed E-state index contributed by atoms with van der Waals surface area (Å²) in [5.74, 6) is -1.43. The molecule has 0 saturated heterocycles. The van der Waals surface area contributed by atoms with Crippen molar-refractivity contribution in [3.8, 4) is 0 Å². The molecule has 0 spiro atoms. The number of rotatable bonds is 3. The van der Waals surface area contributed by atoms with Gasteiger partial charge in [-0.05, 0) is 32.0 Å². The van der Waals surface area contributed by atoms with Crippen molar-refractivity contribution in [1.29, 1.82) is 0 Å². The van der Waals surface area contributed by atoms with Gasteiger partial charge in [0.2, 0.25) is 5.91 Å². The Bertz CT molecular complexity index is 491. The van der Waals surface area contributed by atoms with Gasteiger partial charge in [0.05, 0.1) is 10.6 Å². The van der Waals surface area contributed by atoms with Crippen molar-refractivity contribution in [3.05, 3.63) is 40.4 Å². The standard InChI is InChI=1S/C12H12ClNO3/c1-7(2)5-11(15)14-8-3-4-10(13)9(6-8)12(16)17/h3-6H,1-2H3,(H,14,15)(H,16,17). The van der Waals surface area contributed by atoms with Gasteiger partial charge in [-0.3, -0.25) is 4.79 Å². The Morgan fingerprint density at radius 1 is 1.35 bits per heavy atom. The van der Waals surface area contributed by atoms with E-state index in [1.54, 1.807) is 19.9 Å². The number of amides is 1. The number of carboxylic acids is 1. The minimum atomic E-state index is -1.13. The number of nitrogens with one attached hydrogen (secondary N) is 1. The average Bonchev–Trinajstić information content (AvgIpc) is 2.19. The lowest BCUT2D eigenvalue weighted by Crippen LogP contribution is -2.09. The van der Waals surface area contributed by atoms with Gasteiger partial charge in [-0.1, -0.05) is 17.2 Å². The molecule has 0 aliphatic carbocycles. The van der Waals surface area contributed by atoms with Crippen LogP contribution in [-0.4, -0.2) is 17.0 Å². The molecule has 0 aliphatic rings. The zero-order valence-corrected chi connectivity index (χ0v) is 10.2. The molecule has 0 fully saturated rings. The van der Waals surface area contributed by atoms with Gasteiger partial charge < -0.3 is 10.4 Å². The van der Waals surface area contributed by atoms with Crippen LogP contribution in [0.4, 0.5) is 5.69 Å². The van der Waals surface area contributed by atoms with E-state index >= 15 is 0 Å². The number of carboxylic acid groups (broad SMARTS) is 1. The number of anilines is 1. The van der Waals surface area contributed by atoms with E-state index in [1.807, 2.05) is 0 Å². The van der Waals surface area contributed by atoms with E-state index in [1.165, 1.54) is 18.2 Å². The summed E-state index contributed by atoms with van der Waals surface area (Å²) < 4.78 is 0. The molecule has 0 aliphatic heterocycles. The smallest absolute Gasteiger partial charge is 0.337 e. The summed E-state index contributed by atoms with van der Waals surface area (Å²) in [5.41, 5.74) is 1.21. The minimum Gasteiger partial charge on any atom is -0.478 e. The van der Waals surface area contributed by atoms with Crippen LogP contribution in [0.15, 0.2) is 29.8 Å². The normalized spacial score (nSPS) is 9.59. The number of hydrogen-bond donors (Lipinski definition) is 2. The minimum absolute atomic E-state index is 0.0401. The quantitative estimate of drug-likeness (QED) is 0.814. The van der Waals surface area contributed by atoms with Gasteiger partial charge in [0, 0.05) is 11.8 Å². The Morgan fingerprint density at radius 3 is 2.53 bits per heavy atom. The lowest BCUT2D eigenvalue weighted by Gasteiger charge is -2.05. The Labute approximate surface area is 104 Å². The first-order valence-corrected chi connectivity index (χ1v) is 5.26. The third kappa shape index (κ3) is 3.92. The zero-order chi connectivity index (χ0) is 13.0. The average molecular weight is 254 g/mol. The van der Waals surface area contributed by atoms with E-state index in [0.29, 0.717) is 5.69 Å². The van der Waals surface area contributed by atoms with Crippen LogP contribution in [0, 0.1) is 0 Å². The molecule has 0 saturated carbocycles. The van der Waals surface area contributed by atoms with Crippen molar-refractivity contribution < 1.29 is 14.7 Å². The molecule has 2 N–H and O–H groups in total. The fraction of sp³-hybridized carbons (Fsp3) is 0.167. The molecule has 0 unspecified atom stereocenters. The van der Waals surface area contributed by atoms with Crippen LogP contribution in [0.2, 0.25) is 5.02 Å². The summed E-state index contributed by atoms with van der Waals surface area (Å²) >= 11 is 5.71. The lowest BCUT2D eigenvalue weighted by atomic mass is 10.2. The molecule has 0 aromatic heterocycles. The number of hydrogen-bond acceptors (Lipinski definition) is 2. The topological polar surface area (TPSA) is 66.4 Å². The second-order valence-electron chi connectivity index (χ2n) is 3.71. The molecule has 0 radical (unpaired) electrons. The Morgan fingerprint density at radius 2 is 2.00 bits per heavy atom. The largest absolute Gasteiger partial charge is 0.478 e. The number of carbonyl (C=O) groups is 2. The molecule has 4 nitrogen and oxygen atoms in total. The van der Waals surface area contributed by atoms with Crippen molar-refractivity contribution in [2.75, 3.05) is 5.32 Å². The molecule has 0 bridgehead atoms. The molecular weight excluding hydrogens is 242 g/mol. The number of benzene rings is 1. The number of halogens is 1. The maximum atomic E-state index is 11.4. The SMILES string of the molecule is CC(C)=CC(=O)Nc1ccc(Cl)c(C(=O)O)c1. The van der Waals surface area contributed by atoms with Crippen molar-refractivity contribution >= 4 is 29.2 Å². The van der Waals surface area contributed by atoms with Gasteiger partial charge in [-0.2, -0.15) is 0 Å². The zero-order valence-electron chi connectivity index (χ0n) is 9.45. The highest BCUT2D eigenvalue weighted by Crippen LogP contribution is 2.20. The van der Waals surface area contributed by atoms with E-state index in [9.17, 15) is 9.59 Å². The molecule has 0 atom stereocenters. The molecular formula is C12H12ClNO3. The van der Waals surface area contributed by atoms with Crippen molar-refractivity contribution in [1.82, 2.24) is 0 Å². The highest BCUT2D eigenvalue weighted by Gasteiger charge is 2.10. The molecule has 1 amide bonds. The predicted octanol–water partition coefficient (Wildman–Crippen LogP) is 2.94. The van der Waals surface area contributed by atoms with Crippen molar-refractivity contribution in [2.24, 2.45) is 0 Å². The van der Waals surface area contributed by atoms with Crippen molar-refractivity contribution in [2.45, 2.75) is 13.8 Å². The Balaban J connectivity index is 2.94. The monoisotopic (exact) mass is 253 g/mol. The van der Waals surface area contributed by atoms with Gasteiger partial charge in [0.25, 0.3) is 0 Å². The first kappa shape index (κ1) is 13.3. The van der Waals surface area contributed by atoms with Crippen LogP contribution < -0.4 is 5.32 Å². The number of carbonyl (C=O) groups excluding carboxylic acids is 1. The summed E-state index contributed by atoms with van der Waals surface area (Å²) in [5, 5.41) is 11.6. The van der Waals surface area contributed by atoms with Crippen LogP contribution in [0.5, 0.6) is 0 Å². The van der Waals surface area contributed by atoms with Crippen LogP contribution in [-0.2, 0) is 4.79 Å². The Hall–Kier alpha value is -1.81. The molecule has 90 valence electrons. The van der Waals surface area contributed by atoms with Gasteiger partial charge in [-0.25, -0.2) is 4.79 Å². The molecule has 17 heavy (non-hydrogen) atoms. The number of allylic oxidation sites excluding steroid dienone is 1. The fourth-order valence-corrected chi connectivity index (χ4v) is 1.41. The van der Waals surface area contributed by atoms with Gasteiger partial charge in [0.15, 0.2) is 0 Å². The van der Waals surface area contributed by atoms with E-state index in [0.717, 1.165) is 5.57 Å². The van der Waals surface area contributed by atoms with Crippen molar-refractivity contribution in [3.63, 3.8) is 0 Å². The van der Waals surface area contributed by atoms with Crippen LogP contribution in [0.3, 0.4) is 0 Å². The van der Waals surface area contributed by atoms with Crippen LogP contribution in [0.25, 0.3) is 0 Å². The predicted molar refractivity (Wildman–Crippen MR) is 66.5 cm³/mol. The Kier molecular flexibility index (Phi) is 4.29. The maximum absolute atomic E-state index is 11.4. The fourth-order valence-electron chi connectivity index (χ4n) is 1.21. The second-order valence-corrected chi connectivity index (χ2v) is 4.12. The van der Waals surface area contributed by atoms with Crippen LogP contribution >= 0.6 is 11.6 Å². The highest BCUT2D eigenvalue weighted by atomic mass is 35.5. The van der Waals surface area contributed by atoms with Crippen LogP contribution in [0.1, 0.15) is 24.2 Å². The van der Waals surface area contributed by atoms with E-state index < -0.39 is 5.97 Å². The van der Waals surface area contributed by atoms with E-state index in [4.69, 9.17) is 16.7 Å². The third-order valence-electron chi connectivity index (χ3n) is 1.88. The van der Waals surface area contributed by atoms with Gasteiger partial charge in [-0.15, -0.1) is 0 Å². The van der Waals surface area contributed by atoms with E-state index in [2.05, 4.69) is 5.32 Å². The molecule has 1 aromatic rings. The first-order valence-electron chi connectivity index (χ1n) is 4.89. The lowest BCUT2D eigenvalue weighted by molar-refractivity contribution is -0.111. The molecule has 1 rings (SSSR count). The highest BCUT2D eigenvalue weighted by molar-refractivity contribution is 6.33. The molecule has 1 aromatic carbocycles. The molecule has 5 heteroatoms. The van der Waals surface area contributed by atoms with E-state index in [-0.39, 0.29) is 16.5 Å². The first-order chi connectivity index (χ1) is 7.90. The van der Waals surface area contributed by atoms with Gasteiger partial charge >= 0.3 is 5.97 Å². The molecule has 0 heterocycles.